The summed E-state index contributed by atoms with van der Waals surface area (Å²) in [6.07, 6.45) is 2.98. The Hall–Kier alpha value is -1.47. The zero-order valence-electron chi connectivity index (χ0n) is 12.9. The van der Waals surface area contributed by atoms with Gasteiger partial charge in [-0.2, -0.15) is 0 Å². The Morgan fingerprint density at radius 2 is 2.33 bits per heavy atom. The normalized spacial score (nSPS) is 17.5. The molecule has 1 unspecified atom stereocenters. The molecule has 2 rings (SSSR count). The zero-order chi connectivity index (χ0) is 15.1. The highest BCUT2D eigenvalue weighted by Crippen LogP contribution is 2.19. The van der Waals surface area contributed by atoms with Crippen molar-refractivity contribution in [2.24, 2.45) is 5.92 Å². The molecule has 0 aromatic carbocycles. The maximum Gasteiger partial charge on any atom is 0.234 e. The van der Waals surface area contributed by atoms with Crippen molar-refractivity contribution in [1.29, 1.82) is 0 Å². The van der Waals surface area contributed by atoms with E-state index in [2.05, 4.69) is 32.3 Å². The number of rotatable bonds is 8. The van der Waals surface area contributed by atoms with Crippen molar-refractivity contribution in [3.05, 3.63) is 11.6 Å². The van der Waals surface area contributed by atoms with Crippen LogP contribution in [0.3, 0.4) is 0 Å². The van der Waals surface area contributed by atoms with Crippen LogP contribution in [0.1, 0.15) is 25.0 Å². The number of amides is 1. The molecule has 2 heterocycles. The maximum atomic E-state index is 11.6. The van der Waals surface area contributed by atoms with Crippen LogP contribution < -0.4 is 10.6 Å². The summed E-state index contributed by atoms with van der Waals surface area (Å²) in [5.74, 6) is 2.71. The molecule has 0 radical (unpaired) electrons. The number of nitrogens with zero attached hydrogens (tertiary/aromatic N) is 3. The van der Waals surface area contributed by atoms with Crippen LogP contribution in [0.2, 0.25) is 0 Å². The average molecular weight is 295 g/mol. The first-order valence-electron chi connectivity index (χ1n) is 7.61. The van der Waals surface area contributed by atoms with E-state index in [-0.39, 0.29) is 5.91 Å². The summed E-state index contributed by atoms with van der Waals surface area (Å²) >= 11 is 0. The largest absolute Gasteiger partial charge is 0.383 e. The monoisotopic (exact) mass is 295 g/mol. The van der Waals surface area contributed by atoms with Gasteiger partial charge in [0.1, 0.15) is 11.6 Å². The van der Waals surface area contributed by atoms with Crippen molar-refractivity contribution in [3.8, 4) is 0 Å². The SMILES string of the molecule is CCc1nnc2n1CC(CNCC(=O)NCCOC)CC2. The first kappa shape index (κ1) is 15.9. The highest BCUT2D eigenvalue weighted by atomic mass is 16.5. The van der Waals surface area contributed by atoms with E-state index in [4.69, 9.17) is 4.74 Å². The van der Waals surface area contributed by atoms with Crippen molar-refractivity contribution >= 4 is 5.91 Å². The number of ether oxygens (including phenoxy) is 1. The highest BCUT2D eigenvalue weighted by molar-refractivity contribution is 5.77. The number of carbonyl (C=O) groups is 1. The number of carbonyl (C=O) groups excluding carboxylic acids is 1. The summed E-state index contributed by atoms with van der Waals surface area (Å²) in [6, 6.07) is 0. The van der Waals surface area contributed by atoms with Crippen LogP contribution in [0, 0.1) is 5.92 Å². The van der Waals surface area contributed by atoms with E-state index in [0.717, 1.165) is 44.0 Å². The quantitative estimate of drug-likeness (QED) is 0.647. The Morgan fingerprint density at radius 1 is 1.48 bits per heavy atom. The molecular formula is C14H25N5O2. The molecule has 1 aromatic heterocycles. The van der Waals surface area contributed by atoms with Gasteiger partial charge in [-0.25, -0.2) is 0 Å². The number of nitrogens with one attached hydrogen (secondary N) is 2. The Kier molecular flexibility index (Phi) is 6.13. The smallest absolute Gasteiger partial charge is 0.234 e. The van der Waals surface area contributed by atoms with E-state index >= 15 is 0 Å². The molecule has 0 fully saturated rings. The van der Waals surface area contributed by atoms with Crippen LogP contribution in [0.25, 0.3) is 0 Å². The van der Waals surface area contributed by atoms with Crippen LogP contribution in [0.4, 0.5) is 0 Å². The van der Waals surface area contributed by atoms with Crippen LogP contribution in [0.15, 0.2) is 0 Å². The van der Waals surface area contributed by atoms with Gasteiger partial charge in [0, 0.05) is 39.6 Å². The Labute approximate surface area is 125 Å². The lowest BCUT2D eigenvalue weighted by atomic mass is 9.99. The van der Waals surface area contributed by atoms with E-state index in [0.29, 0.717) is 25.6 Å². The van der Waals surface area contributed by atoms with Crippen molar-refractivity contribution < 1.29 is 9.53 Å². The Morgan fingerprint density at radius 3 is 3.10 bits per heavy atom. The van der Waals surface area contributed by atoms with Gasteiger partial charge in [-0.1, -0.05) is 6.92 Å². The molecule has 21 heavy (non-hydrogen) atoms. The number of fused-ring (bicyclic) bond motifs is 1. The molecule has 0 bridgehead atoms. The van der Waals surface area contributed by atoms with Crippen LogP contribution in [-0.2, 0) is 28.9 Å². The maximum absolute atomic E-state index is 11.6. The number of aryl methyl sites for hydroxylation is 2. The van der Waals surface area contributed by atoms with Gasteiger partial charge in [0.05, 0.1) is 13.2 Å². The molecule has 7 heteroatoms. The molecule has 0 saturated carbocycles. The van der Waals surface area contributed by atoms with Crippen LogP contribution >= 0.6 is 0 Å². The fourth-order valence-corrected chi connectivity index (χ4v) is 2.62. The third-order valence-corrected chi connectivity index (χ3v) is 3.78. The molecule has 0 spiro atoms. The van der Waals surface area contributed by atoms with Crippen LogP contribution in [-0.4, -0.2) is 54.0 Å². The highest BCUT2D eigenvalue weighted by Gasteiger charge is 2.22. The van der Waals surface area contributed by atoms with Gasteiger partial charge in [-0.3, -0.25) is 4.79 Å². The molecular weight excluding hydrogens is 270 g/mol. The standard InChI is InChI=1S/C14H25N5O2/c1-3-12-17-18-13-5-4-11(10-19(12)13)8-15-9-14(20)16-6-7-21-2/h11,15H,3-10H2,1-2H3,(H,16,20). The average Bonchev–Trinajstić information content (AvgIpc) is 2.90. The fraction of sp³-hybridized carbons (Fsp3) is 0.786. The minimum Gasteiger partial charge on any atom is -0.383 e. The lowest BCUT2D eigenvalue weighted by molar-refractivity contribution is -0.120. The summed E-state index contributed by atoms with van der Waals surface area (Å²) in [4.78, 5) is 11.6. The summed E-state index contributed by atoms with van der Waals surface area (Å²) in [5.41, 5.74) is 0. The second-order valence-electron chi connectivity index (χ2n) is 5.37. The van der Waals surface area contributed by atoms with E-state index in [1.807, 2.05) is 0 Å². The van der Waals surface area contributed by atoms with E-state index < -0.39 is 0 Å². The molecule has 1 atom stereocenters. The lowest BCUT2D eigenvalue weighted by Crippen LogP contribution is -2.38. The molecule has 1 aromatic rings. The zero-order valence-corrected chi connectivity index (χ0v) is 12.9. The van der Waals surface area contributed by atoms with E-state index in [1.165, 1.54) is 0 Å². The third-order valence-electron chi connectivity index (χ3n) is 3.78. The lowest BCUT2D eigenvalue weighted by Gasteiger charge is -2.24. The van der Waals surface area contributed by atoms with Gasteiger partial charge in [0.2, 0.25) is 5.91 Å². The topological polar surface area (TPSA) is 81.1 Å². The number of aromatic nitrogens is 3. The molecule has 2 N–H and O–H groups in total. The van der Waals surface area contributed by atoms with Gasteiger partial charge in [-0.15, -0.1) is 10.2 Å². The molecule has 1 amide bonds. The molecule has 118 valence electrons. The van der Waals surface area contributed by atoms with Gasteiger partial charge in [0.15, 0.2) is 0 Å². The predicted molar refractivity (Wildman–Crippen MR) is 79.0 cm³/mol. The molecule has 1 aliphatic heterocycles. The van der Waals surface area contributed by atoms with Crippen molar-refractivity contribution in [1.82, 2.24) is 25.4 Å². The van der Waals surface area contributed by atoms with Crippen LogP contribution in [0.5, 0.6) is 0 Å². The molecule has 0 aliphatic carbocycles. The second kappa shape index (κ2) is 8.09. The summed E-state index contributed by atoms with van der Waals surface area (Å²) in [6.45, 7) is 5.36. The van der Waals surface area contributed by atoms with Crippen molar-refractivity contribution in [2.75, 3.05) is 33.4 Å². The minimum atomic E-state index is 0.0158. The minimum absolute atomic E-state index is 0.0158. The van der Waals surface area contributed by atoms with E-state index in [9.17, 15) is 4.79 Å². The van der Waals surface area contributed by atoms with Crippen molar-refractivity contribution in [3.63, 3.8) is 0 Å². The summed E-state index contributed by atoms with van der Waals surface area (Å²) in [5, 5.41) is 14.5. The summed E-state index contributed by atoms with van der Waals surface area (Å²) < 4.78 is 7.12. The van der Waals surface area contributed by atoms with Gasteiger partial charge >= 0.3 is 0 Å². The second-order valence-corrected chi connectivity index (χ2v) is 5.37. The number of hydrogen-bond acceptors (Lipinski definition) is 5. The fourth-order valence-electron chi connectivity index (χ4n) is 2.62. The number of hydrogen-bond donors (Lipinski definition) is 2. The molecule has 7 nitrogen and oxygen atoms in total. The third kappa shape index (κ3) is 4.50. The summed E-state index contributed by atoms with van der Waals surface area (Å²) in [7, 11) is 1.62. The van der Waals surface area contributed by atoms with Gasteiger partial charge in [-0.05, 0) is 12.3 Å². The first-order valence-corrected chi connectivity index (χ1v) is 7.61. The van der Waals surface area contributed by atoms with E-state index in [1.54, 1.807) is 7.11 Å². The molecule has 1 aliphatic rings. The first-order chi connectivity index (χ1) is 10.2. The number of methoxy groups -OCH3 is 1. The molecule has 0 saturated heterocycles. The predicted octanol–water partition coefficient (Wildman–Crippen LogP) is -0.245. The Bertz CT molecular complexity index is 447. The van der Waals surface area contributed by atoms with Gasteiger partial charge in [0.25, 0.3) is 0 Å². The van der Waals surface area contributed by atoms with Gasteiger partial charge < -0.3 is 19.9 Å². The Balaban J connectivity index is 1.69. The van der Waals surface area contributed by atoms with Crippen molar-refractivity contribution in [2.45, 2.75) is 32.7 Å².